The summed E-state index contributed by atoms with van der Waals surface area (Å²) >= 11 is 0. The van der Waals surface area contributed by atoms with Crippen molar-refractivity contribution in [3.63, 3.8) is 0 Å². The smallest absolute Gasteiger partial charge is 0.242 e. The Balaban J connectivity index is 2.11. The molecular formula is C12H17N3O4S. The maximum Gasteiger partial charge on any atom is 0.242 e. The summed E-state index contributed by atoms with van der Waals surface area (Å²) in [5.41, 5.74) is 6.88. The van der Waals surface area contributed by atoms with Crippen LogP contribution < -0.4 is 10.5 Å². The number of nitrogens with two attached hydrogens (primary N) is 1. The average Bonchev–Trinajstić information content (AvgIpc) is 2.82. The van der Waals surface area contributed by atoms with Crippen molar-refractivity contribution in [3.8, 4) is 0 Å². The third-order valence-corrected chi connectivity index (χ3v) is 4.23. The molecule has 110 valence electrons. The molecule has 2 aromatic rings. The topological polar surface area (TPSA) is 117 Å². The summed E-state index contributed by atoms with van der Waals surface area (Å²) in [6, 6.07) is 5.00. The number of fused-ring (bicyclic) bond motifs is 1. The molecule has 1 heterocycles. The number of nitrogen functional groups attached to an aromatic ring is 1. The van der Waals surface area contributed by atoms with Crippen LogP contribution in [0, 0.1) is 0 Å². The summed E-state index contributed by atoms with van der Waals surface area (Å²) < 4.78 is 31.8. The highest BCUT2D eigenvalue weighted by molar-refractivity contribution is 7.89. The van der Waals surface area contributed by atoms with E-state index in [9.17, 15) is 8.42 Å². The van der Waals surface area contributed by atoms with E-state index in [1.165, 1.54) is 6.20 Å². The number of aliphatic hydroxyl groups is 1. The van der Waals surface area contributed by atoms with Crippen molar-refractivity contribution in [2.75, 3.05) is 32.1 Å². The molecule has 0 saturated carbocycles. The molecule has 0 aliphatic rings. The van der Waals surface area contributed by atoms with E-state index >= 15 is 0 Å². The number of anilines is 1. The number of H-pyrrole nitrogens is 1. The summed E-state index contributed by atoms with van der Waals surface area (Å²) in [5.74, 6) is 0. The van der Waals surface area contributed by atoms with Gasteiger partial charge < -0.3 is 20.6 Å². The van der Waals surface area contributed by atoms with Crippen LogP contribution in [-0.4, -0.2) is 44.9 Å². The van der Waals surface area contributed by atoms with E-state index in [0.29, 0.717) is 16.6 Å². The zero-order valence-electron chi connectivity index (χ0n) is 10.8. The van der Waals surface area contributed by atoms with Gasteiger partial charge in [-0.3, -0.25) is 0 Å². The van der Waals surface area contributed by atoms with Crippen LogP contribution in [0.15, 0.2) is 29.3 Å². The van der Waals surface area contributed by atoms with E-state index in [1.54, 1.807) is 18.2 Å². The van der Waals surface area contributed by atoms with Crippen LogP contribution in [0.25, 0.3) is 10.9 Å². The maximum atomic E-state index is 12.2. The Hall–Kier alpha value is -1.61. The molecule has 0 bridgehead atoms. The standard InChI is InChI=1S/C12H17N3O4S/c13-9-1-2-10-11(7-9)14-8-12(10)20(17,18)15-3-5-19-6-4-16/h1-2,7-8,14-16H,3-6,13H2. The number of ether oxygens (including phenoxy) is 1. The van der Waals surface area contributed by atoms with Crippen molar-refractivity contribution in [1.82, 2.24) is 9.71 Å². The van der Waals surface area contributed by atoms with Crippen molar-refractivity contribution in [3.05, 3.63) is 24.4 Å². The Labute approximate surface area is 116 Å². The first-order valence-electron chi connectivity index (χ1n) is 6.09. The van der Waals surface area contributed by atoms with Gasteiger partial charge in [0.05, 0.1) is 19.8 Å². The first kappa shape index (κ1) is 14.8. The summed E-state index contributed by atoms with van der Waals surface area (Å²) in [6.07, 6.45) is 1.43. The van der Waals surface area contributed by atoms with Crippen molar-refractivity contribution in [1.29, 1.82) is 0 Å². The number of hydrogen-bond acceptors (Lipinski definition) is 5. The highest BCUT2D eigenvalue weighted by Crippen LogP contribution is 2.24. The Kier molecular flexibility index (Phi) is 4.61. The zero-order chi connectivity index (χ0) is 14.6. The second kappa shape index (κ2) is 6.23. The van der Waals surface area contributed by atoms with Gasteiger partial charge in [0, 0.05) is 29.3 Å². The number of aliphatic hydroxyl groups excluding tert-OH is 1. The average molecular weight is 299 g/mol. The van der Waals surface area contributed by atoms with Gasteiger partial charge in [0.1, 0.15) is 4.90 Å². The van der Waals surface area contributed by atoms with Crippen molar-refractivity contribution < 1.29 is 18.3 Å². The highest BCUT2D eigenvalue weighted by Gasteiger charge is 2.18. The van der Waals surface area contributed by atoms with Gasteiger partial charge in [0.15, 0.2) is 0 Å². The second-order valence-electron chi connectivity index (χ2n) is 4.19. The maximum absolute atomic E-state index is 12.2. The Morgan fingerprint density at radius 2 is 2.15 bits per heavy atom. The number of rotatable bonds is 7. The van der Waals surface area contributed by atoms with Crippen LogP contribution in [0.4, 0.5) is 5.69 Å². The number of sulfonamides is 1. The molecule has 5 N–H and O–H groups in total. The first-order valence-corrected chi connectivity index (χ1v) is 7.58. The zero-order valence-corrected chi connectivity index (χ0v) is 11.6. The molecule has 0 fully saturated rings. The van der Waals surface area contributed by atoms with Gasteiger partial charge in [0.25, 0.3) is 0 Å². The fourth-order valence-electron chi connectivity index (χ4n) is 1.83. The molecule has 0 atom stereocenters. The van der Waals surface area contributed by atoms with Gasteiger partial charge >= 0.3 is 0 Å². The molecular weight excluding hydrogens is 282 g/mol. The predicted octanol–water partition coefficient (Wildman–Crippen LogP) is 0.0373. The lowest BCUT2D eigenvalue weighted by atomic mass is 10.2. The fraction of sp³-hybridized carbons (Fsp3) is 0.333. The van der Waals surface area contributed by atoms with E-state index in [-0.39, 0.29) is 31.3 Å². The van der Waals surface area contributed by atoms with E-state index in [4.69, 9.17) is 15.6 Å². The molecule has 0 saturated heterocycles. The highest BCUT2D eigenvalue weighted by atomic mass is 32.2. The van der Waals surface area contributed by atoms with Gasteiger partial charge in [0.2, 0.25) is 10.0 Å². The van der Waals surface area contributed by atoms with E-state index in [2.05, 4.69) is 9.71 Å². The molecule has 2 rings (SSSR count). The molecule has 20 heavy (non-hydrogen) atoms. The second-order valence-corrected chi connectivity index (χ2v) is 5.93. The van der Waals surface area contributed by atoms with Crippen LogP contribution in [0.3, 0.4) is 0 Å². The monoisotopic (exact) mass is 299 g/mol. The predicted molar refractivity (Wildman–Crippen MR) is 75.8 cm³/mol. The lowest BCUT2D eigenvalue weighted by molar-refractivity contribution is 0.0961. The molecule has 0 aliphatic carbocycles. The van der Waals surface area contributed by atoms with Crippen molar-refractivity contribution in [2.24, 2.45) is 0 Å². The van der Waals surface area contributed by atoms with Crippen LogP contribution in [0.2, 0.25) is 0 Å². The van der Waals surface area contributed by atoms with Gasteiger partial charge in [-0.2, -0.15) is 0 Å². The molecule has 0 amide bonds. The van der Waals surface area contributed by atoms with Crippen LogP contribution in [0.5, 0.6) is 0 Å². The Morgan fingerprint density at radius 1 is 1.35 bits per heavy atom. The molecule has 0 aliphatic heterocycles. The van der Waals surface area contributed by atoms with E-state index in [0.717, 1.165) is 0 Å². The largest absolute Gasteiger partial charge is 0.399 e. The third kappa shape index (κ3) is 3.28. The molecule has 7 nitrogen and oxygen atoms in total. The number of aromatic nitrogens is 1. The summed E-state index contributed by atoms with van der Waals surface area (Å²) in [6.45, 7) is 0.448. The van der Waals surface area contributed by atoms with Gasteiger partial charge in [-0.05, 0) is 18.2 Å². The molecule has 0 radical (unpaired) electrons. The molecule has 0 unspecified atom stereocenters. The van der Waals surface area contributed by atoms with Crippen molar-refractivity contribution >= 4 is 26.6 Å². The van der Waals surface area contributed by atoms with Crippen LogP contribution >= 0.6 is 0 Å². The SMILES string of the molecule is Nc1ccc2c(S(=O)(=O)NCCOCCO)c[nH]c2c1. The number of benzene rings is 1. The minimum Gasteiger partial charge on any atom is -0.399 e. The number of hydrogen-bond donors (Lipinski definition) is 4. The normalized spacial score (nSPS) is 12.1. The lowest BCUT2D eigenvalue weighted by Gasteiger charge is -2.06. The fourth-order valence-corrected chi connectivity index (χ4v) is 3.02. The minimum absolute atomic E-state index is 0.0867. The third-order valence-electron chi connectivity index (χ3n) is 2.73. The van der Waals surface area contributed by atoms with Crippen molar-refractivity contribution in [2.45, 2.75) is 4.90 Å². The quantitative estimate of drug-likeness (QED) is 0.425. The Bertz CT molecular complexity index is 681. The van der Waals surface area contributed by atoms with Crippen LogP contribution in [0.1, 0.15) is 0 Å². The minimum atomic E-state index is -3.61. The van der Waals surface area contributed by atoms with E-state index < -0.39 is 10.0 Å². The van der Waals surface area contributed by atoms with Crippen LogP contribution in [-0.2, 0) is 14.8 Å². The Morgan fingerprint density at radius 3 is 2.90 bits per heavy atom. The van der Waals surface area contributed by atoms with Gasteiger partial charge in [-0.1, -0.05) is 0 Å². The first-order chi connectivity index (χ1) is 9.54. The molecule has 1 aromatic carbocycles. The van der Waals surface area contributed by atoms with E-state index in [1.807, 2.05) is 0 Å². The lowest BCUT2D eigenvalue weighted by Crippen LogP contribution is -2.27. The summed E-state index contributed by atoms with van der Waals surface area (Å²) in [4.78, 5) is 3.06. The molecule has 1 aromatic heterocycles. The number of aromatic amines is 1. The van der Waals surface area contributed by atoms with Gasteiger partial charge in [-0.15, -0.1) is 0 Å². The summed E-state index contributed by atoms with van der Waals surface area (Å²) in [7, 11) is -3.61. The molecule has 8 heteroatoms. The number of nitrogens with one attached hydrogen (secondary N) is 2. The van der Waals surface area contributed by atoms with Gasteiger partial charge in [-0.25, -0.2) is 13.1 Å². The summed E-state index contributed by atoms with van der Waals surface area (Å²) in [5, 5.41) is 9.12. The molecule has 0 spiro atoms.